The summed E-state index contributed by atoms with van der Waals surface area (Å²) in [6, 6.07) is 13.7. The van der Waals surface area contributed by atoms with Crippen molar-refractivity contribution in [1.29, 1.82) is 0 Å². The van der Waals surface area contributed by atoms with Gasteiger partial charge in [0.1, 0.15) is 0 Å². The number of hydrogen-bond donors (Lipinski definition) is 3. The zero-order valence-corrected chi connectivity index (χ0v) is 15.8. The summed E-state index contributed by atoms with van der Waals surface area (Å²) >= 11 is 0. The predicted molar refractivity (Wildman–Crippen MR) is 109 cm³/mol. The van der Waals surface area contributed by atoms with Crippen LogP contribution in [-0.2, 0) is 19.4 Å². The molecule has 0 atom stereocenters. The van der Waals surface area contributed by atoms with Gasteiger partial charge < -0.3 is 16.4 Å². The van der Waals surface area contributed by atoms with Crippen molar-refractivity contribution in [3.8, 4) is 0 Å². The molecule has 0 saturated heterocycles. The van der Waals surface area contributed by atoms with Gasteiger partial charge >= 0.3 is 0 Å². The molecule has 2 aromatic carbocycles. The van der Waals surface area contributed by atoms with Gasteiger partial charge in [-0.1, -0.05) is 44.2 Å². The first-order valence-electron chi connectivity index (χ1n) is 9.13. The number of para-hydroxylation sites is 1. The Morgan fingerprint density at radius 3 is 2.15 bits per heavy atom. The highest BCUT2D eigenvalue weighted by molar-refractivity contribution is 5.94. The maximum atomic E-state index is 11.8. The molecule has 0 bridgehead atoms. The molecule has 4 N–H and O–H groups in total. The smallest absolute Gasteiger partial charge is 0.251 e. The Balaban J connectivity index is 2.06. The second-order valence-electron chi connectivity index (χ2n) is 6.04. The minimum Gasteiger partial charge on any atom is -0.370 e. The van der Waals surface area contributed by atoms with Gasteiger partial charge in [0.2, 0.25) is 0 Å². The number of aliphatic imine (C=N–C) groups is 1. The molecule has 0 radical (unpaired) electrons. The molecule has 0 fully saturated rings. The van der Waals surface area contributed by atoms with E-state index in [1.54, 1.807) is 12.1 Å². The van der Waals surface area contributed by atoms with Crippen molar-refractivity contribution in [3.05, 3.63) is 64.7 Å². The van der Waals surface area contributed by atoms with Crippen molar-refractivity contribution >= 4 is 17.6 Å². The predicted octanol–water partition coefficient (Wildman–Crippen LogP) is 3.49. The van der Waals surface area contributed by atoms with E-state index in [-0.39, 0.29) is 5.91 Å². The summed E-state index contributed by atoms with van der Waals surface area (Å²) < 4.78 is 0. The van der Waals surface area contributed by atoms with Crippen LogP contribution in [0, 0.1) is 0 Å². The summed E-state index contributed by atoms with van der Waals surface area (Å²) in [6.07, 6.45) is 1.87. The number of guanidine groups is 1. The van der Waals surface area contributed by atoms with E-state index in [1.807, 2.05) is 19.1 Å². The van der Waals surface area contributed by atoms with Crippen molar-refractivity contribution in [3.63, 3.8) is 0 Å². The quantitative estimate of drug-likeness (QED) is 0.527. The van der Waals surface area contributed by atoms with Crippen molar-refractivity contribution < 1.29 is 4.79 Å². The van der Waals surface area contributed by atoms with Gasteiger partial charge in [-0.15, -0.1) is 0 Å². The number of nitrogens with zero attached hydrogens (tertiary/aromatic N) is 1. The fraction of sp³-hybridized carbons (Fsp3) is 0.333. The van der Waals surface area contributed by atoms with Gasteiger partial charge in [-0.3, -0.25) is 4.79 Å². The lowest BCUT2D eigenvalue weighted by Crippen LogP contribution is -2.24. The van der Waals surface area contributed by atoms with Crippen molar-refractivity contribution in [2.24, 2.45) is 10.7 Å². The first kappa shape index (κ1) is 19.5. The lowest BCUT2D eigenvalue weighted by atomic mass is 10.0. The van der Waals surface area contributed by atoms with E-state index in [0.717, 1.165) is 24.1 Å². The molecular formula is C21H28N4O. The third-order valence-corrected chi connectivity index (χ3v) is 4.24. The molecule has 0 unspecified atom stereocenters. The molecule has 0 aliphatic rings. The third-order valence-electron chi connectivity index (χ3n) is 4.24. The Hall–Kier alpha value is -2.82. The summed E-state index contributed by atoms with van der Waals surface area (Å²) in [6.45, 7) is 7.24. The van der Waals surface area contributed by atoms with Gasteiger partial charge in [0, 0.05) is 17.8 Å². The summed E-state index contributed by atoms with van der Waals surface area (Å²) in [4.78, 5) is 16.2. The third kappa shape index (κ3) is 5.09. The lowest BCUT2D eigenvalue weighted by Gasteiger charge is -2.14. The van der Waals surface area contributed by atoms with Gasteiger partial charge in [0.25, 0.3) is 5.91 Å². The molecule has 0 heterocycles. The van der Waals surface area contributed by atoms with Gasteiger partial charge in [0.15, 0.2) is 5.96 Å². The standard InChI is InChI=1S/C21H28N4O/c1-4-16-8-7-9-17(5-2)19(16)25-21(22)24-14-15-10-12-18(13-11-15)20(26)23-6-3/h7-13H,4-6,14H2,1-3H3,(H,23,26)(H3,22,24,25). The number of nitrogens with one attached hydrogen (secondary N) is 2. The number of rotatable bonds is 7. The Bertz CT molecular complexity index is 744. The van der Waals surface area contributed by atoms with Crippen LogP contribution in [0.3, 0.4) is 0 Å². The number of carbonyl (C=O) groups excluding carboxylic acids is 1. The zero-order chi connectivity index (χ0) is 18.9. The highest BCUT2D eigenvalue weighted by Gasteiger charge is 2.07. The summed E-state index contributed by atoms with van der Waals surface area (Å²) in [7, 11) is 0. The Labute approximate surface area is 155 Å². The van der Waals surface area contributed by atoms with Gasteiger partial charge in [-0.25, -0.2) is 4.99 Å². The highest BCUT2D eigenvalue weighted by atomic mass is 16.1. The first-order valence-corrected chi connectivity index (χ1v) is 9.13. The minimum absolute atomic E-state index is 0.0630. The fourth-order valence-electron chi connectivity index (χ4n) is 2.77. The van der Waals surface area contributed by atoms with Gasteiger partial charge in [-0.05, 0) is 48.6 Å². The zero-order valence-electron chi connectivity index (χ0n) is 15.8. The maximum Gasteiger partial charge on any atom is 0.251 e. The highest BCUT2D eigenvalue weighted by Crippen LogP contribution is 2.22. The summed E-state index contributed by atoms with van der Waals surface area (Å²) in [5.41, 5.74) is 11.3. The maximum absolute atomic E-state index is 11.8. The number of anilines is 1. The van der Waals surface area contributed by atoms with E-state index < -0.39 is 0 Å². The van der Waals surface area contributed by atoms with Gasteiger partial charge in [0.05, 0.1) is 6.54 Å². The average Bonchev–Trinajstić information content (AvgIpc) is 2.67. The van der Waals surface area contributed by atoms with E-state index in [2.05, 4.69) is 47.7 Å². The molecule has 0 aliphatic heterocycles. The van der Waals surface area contributed by atoms with Crippen molar-refractivity contribution in [1.82, 2.24) is 5.32 Å². The molecule has 0 saturated carbocycles. The molecule has 0 aliphatic carbocycles. The van der Waals surface area contributed by atoms with Crippen LogP contribution in [0.15, 0.2) is 47.5 Å². The van der Waals surface area contributed by atoms with Crippen LogP contribution in [0.25, 0.3) is 0 Å². The molecule has 2 aromatic rings. The molecular weight excluding hydrogens is 324 g/mol. The molecule has 138 valence electrons. The molecule has 0 aromatic heterocycles. The molecule has 26 heavy (non-hydrogen) atoms. The first-order chi connectivity index (χ1) is 12.6. The number of benzene rings is 2. The summed E-state index contributed by atoms with van der Waals surface area (Å²) in [5, 5.41) is 6.05. The minimum atomic E-state index is -0.0630. The monoisotopic (exact) mass is 352 g/mol. The number of carbonyl (C=O) groups is 1. The van der Waals surface area contributed by atoms with Crippen LogP contribution in [-0.4, -0.2) is 18.4 Å². The molecule has 5 heteroatoms. The topological polar surface area (TPSA) is 79.5 Å². The van der Waals surface area contributed by atoms with Gasteiger partial charge in [-0.2, -0.15) is 0 Å². The number of hydrogen-bond acceptors (Lipinski definition) is 2. The van der Waals surface area contributed by atoms with Crippen molar-refractivity contribution in [2.75, 3.05) is 11.9 Å². The van der Waals surface area contributed by atoms with Crippen LogP contribution >= 0.6 is 0 Å². The normalized spacial score (nSPS) is 11.3. The van der Waals surface area contributed by atoms with Crippen LogP contribution in [0.2, 0.25) is 0 Å². The van der Waals surface area contributed by atoms with Crippen LogP contribution in [0.1, 0.15) is 47.8 Å². The van der Waals surface area contributed by atoms with E-state index in [0.29, 0.717) is 24.6 Å². The fourth-order valence-corrected chi connectivity index (χ4v) is 2.77. The Morgan fingerprint density at radius 2 is 1.62 bits per heavy atom. The molecule has 1 amide bonds. The average molecular weight is 352 g/mol. The van der Waals surface area contributed by atoms with E-state index in [1.165, 1.54) is 11.1 Å². The van der Waals surface area contributed by atoms with E-state index >= 15 is 0 Å². The van der Waals surface area contributed by atoms with Crippen LogP contribution < -0.4 is 16.4 Å². The number of amides is 1. The van der Waals surface area contributed by atoms with Crippen molar-refractivity contribution in [2.45, 2.75) is 40.2 Å². The second-order valence-corrected chi connectivity index (χ2v) is 6.04. The lowest BCUT2D eigenvalue weighted by molar-refractivity contribution is 0.0956. The SMILES string of the molecule is CCNC(=O)c1ccc(CN=C(N)Nc2c(CC)cccc2CC)cc1. The van der Waals surface area contributed by atoms with Crippen LogP contribution in [0.4, 0.5) is 5.69 Å². The van der Waals surface area contributed by atoms with E-state index in [9.17, 15) is 4.79 Å². The molecule has 0 spiro atoms. The summed E-state index contributed by atoms with van der Waals surface area (Å²) in [5.74, 6) is 0.334. The number of nitrogens with two attached hydrogens (primary N) is 1. The second kappa shape index (κ2) is 9.61. The van der Waals surface area contributed by atoms with E-state index in [4.69, 9.17) is 5.73 Å². The Morgan fingerprint density at radius 1 is 1.00 bits per heavy atom. The number of aryl methyl sites for hydroxylation is 2. The Kier molecular flexibility index (Phi) is 7.21. The largest absolute Gasteiger partial charge is 0.370 e. The van der Waals surface area contributed by atoms with Crippen LogP contribution in [0.5, 0.6) is 0 Å². The molecule has 2 rings (SSSR count). The molecule has 5 nitrogen and oxygen atoms in total.